The van der Waals surface area contributed by atoms with Gasteiger partial charge < -0.3 is 37.8 Å². The van der Waals surface area contributed by atoms with E-state index in [0.29, 0.717) is 17.7 Å². The number of nitrogens with one attached hydrogen (secondary N) is 4. The molecule has 1 aromatic rings. The number of urea groups is 1. The maximum absolute atomic E-state index is 12.8. The van der Waals surface area contributed by atoms with Crippen LogP contribution >= 0.6 is 0 Å². The number of rotatable bonds is 12. The summed E-state index contributed by atoms with van der Waals surface area (Å²) in [5, 5.41) is 19.5. The molecule has 11 heteroatoms. The normalized spacial score (nSPS) is 12.5. The largest absolute Gasteiger partial charge is 0.392 e. The number of primary amides is 1. The van der Waals surface area contributed by atoms with Crippen molar-refractivity contribution in [3.8, 4) is 0 Å². The van der Waals surface area contributed by atoms with E-state index in [0.717, 1.165) is 0 Å². The summed E-state index contributed by atoms with van der Waals surface area (Å²) in [6.07, 6.45) is 0.606. The lowest BCUT2D eigenvalue weighted by molar-refractivity contribution is -0.131. The van der Waals surface area contributed by atoms with E-state index < -0.39 is 35.8 Å². The Balaban J connectivity index is 2.89. The minimum Gasteiger partial charge on any atom is -0.392 e. The van der Waals surface area contributed by atoms with E-state index in [1.165, 1.54) is 0 Å². The molecule has 0 radical (unpaired) electrons. The first-order valence-electron chi connectivity index (χ1n) is 10.0. The first-order chi connectivity index (χ1) is 14.7. The molecule has 11 nitrogen and oxygen atoms in total. The molecular weight excluding hydrogens is 404 g/mol. The number of aliphatic hydroxyl groups is 1. The third-order valence-corrected chi connectivity index (χ3v) is 4.46. The lowest BCUT2D eigenvalue weighted by Crippen LogP contribution is -2.55. The van der Waals surface area contributed by atoms with Crippen molar-refractivity contribution in [2.75, 3.05) is 18.4 Å². The molecule has 0 aliphatic heterocycles. The SMILES string of the molecule is CC(C)[C@H](NC(=O)CN)C(=O)N[C@@H](CCCNC(N)=O)C(=O)Nc1ccc(CO)cc1. The van der Waals surface area contributed by atoms with Gasteiger partial charge in [-0.1, -0.05) is 26.0 Å². The van der Waals surface area contributed by atoms with E-state index in [4.69, 9.17) is 16.6 Å². The number of hydrogen-bond donors (Lipinski definition) is 7. The second-order valence-electron chi connectivity index (χ2n) is 7.33. The summed E-state index contributed by atoms with van der Waals surface area (Å²) in [6, 6.07) is 4.13. The highest BCUT2D eigenvalue weighted by Crippen LogP contribution is 2.11. The van der Waals surface area contributed by atoms with Crippen molar-refractivity contribution in [3.63, 3.8) is 0 Å². The van der Waals surface area contributed by atoms with Crippen LogP contribution < -0.4 is 32.7 Å². The summed E-state index contributed by atoms with van der Waals surface area (Å²) in [6.45, 7) is 3.37. The Bertz CT molecular complexity index is 753. The maximum atomic E-state index is 12.8. The van der Waals surface area contributed by atoms with Gasteiger partial charge in [0, 0.05) is 12.2 Å². The van der Waals surface area contributed by atoms with Crippen LogP contribution in [0.1, 0.15) is 32.3 Å². The van der Waals surface area contributed by atoms with Crippen LogP contribution in [-0.2, 0) is 21.0 Å². The van der Waals surface area contributed by atoms with Gasteiger partial charge in [-0.05, 0) is 36.5 Å². The van der Waals surface area contributed by atoms with Gasteiger partial charge in [0.25, 0.3) is 0 Å². The third kappa shape index (κ3) is 9.45. The maximum Gasteiger partial charge on any atom is 0.312 e. The van der Waals surface area contributed by atoms with Gasteiger partial charge in [-0.2, -0.15) is 0 Å². The minimum atomic E-state index is -0.921. The van der Waals surface area contributed by atoms with Crippen molar-refractivity contribution in [1.29, 1.82) is 0 Å². The lowest BCUT2D eigenvalue weighted by Gasteiger charge is -2.25. The molecule has 2 atom stereocenters. The number of nitrogens with two attached hydrogens (primary N) is 2. The number of aliphatic hydroxyl groups excluding tert-OH is 1. The lowest BCUT2D eigenvalue weighted by atomic mass is 10.0. The molecule has 1 aromatic carbocycles. The highest BCUT2D eigenvalue weighted by molar-refractivity contribution is 5.98. The molecule has 0 saturated heterocycles. The summed E-state index contributed by atoms with van der Waals surface area (Å²) in [5.74, 6) is -1.70. The van der Waals surface area contributed by atoms with Gasteiger partial charge in [0.15, 0.2) is 0 Å². The first-order valence-corrected chi connectivity index (χ1v) is 10.0. The smallest absolute Gasteiger partial charge is 0.312 e. The molecule has 1 rings (SSSR count). The molecule has 0 aliphatic rings. The summed E-state index contributed by atoms with van der Waals surface area (Å²) in [4.78, 5) is 48.1. The van der Waals surface area contributed by atoms with E-state index in [1.807, 2.05) is 0 Å². The first kappa shape index (κ1) is 25.9. The zero-order chi connectivity index (χ0) is 23.4. The van der Waals surface area contributed by atoms with Crippen LogP contribution in [0.2, 0.25) is 0 Å². The number of carbonyl (C=O) groups excluding carboxylic acids is 4. The van der Waals surface area contributed by atoms with Gasteiger partial charge in [0.1, 0.15) is 12.1 Å². The van der Waals surface area contributed by atoms with Gasteiger partial charge >= 0.3 is 6.03 Å². The van der Waals surface area contributed by atoms with E-state index in [-0.39, 0.29) is 32.0 Å². The molecule has 0 saturated carbocycles. The fourth-order valence-electron chi connectivity index (χ4n) is 2.74. The highest BCUT2D eigenvalue weighted by Gasteiger charge is 2.28. The molecular formula is C20H32N6O5. The van der Waals surface area contributed by atoms with E-state index in [9.17, 15) is 19.2 Å². The molecule has 0 spiro atoms. The van der Waals surface area contributed by atoms with Crippen LogP contribution in [0.25, 0.3) is 0 Å². The van der Waals surface area contributed by atoms with Crippen LogP contribution in [0.5, 0.6) is 0 Å². The minimum absolute atomic E-state index is 0.120. The van der Waals surface area contributed by atoms with Crippen LogP contribution in [0.4, 0.5) is 10.5 Å². The average Bonchev–Trinajstić information content (AvgIpc) is 2.73. The summed E-state index contributed by atoms with van der Waals surface area (Å²) in [5.41, 5.74) is 11.5. The predicted molar refractivity (Wildman–Crippen MR) is 116 cm³/mol. The number of anilines is 1. The molecule has 31 heavy (non-hydrogen) atoms. The summed E-state index contributed by atoms with van der Waals surface area (Å²) < 4.78 is 0. The van der Waals surface area contributed by atoms with Crippen LogP contribution in [-0.4, -0.2) is 54.0 Å². The Kier molecular flexibility index (Phi) is 11.0. The fourth-order valence-corrected chi connectivity index (χ4v) is 2.74. The Morgan fingerprint density at radius 2 is 1.68 bits per heavy atom. The molecule has 0 fully saturated rings. The molecule has 0 unspecified atom stereocenters. The second-order valence-corrected chi connectivity index (χ2v) is 7.33. The number of amides is 5. The average molecular weight is 437 g/mol. The monoisotopic (exact) mass is 436 g/mol. The zero-order valence-electron chi connectivity index (χ0n) is 17.8. The van der Waals surface area contributed by atoms with Gasteiger partial charge in [0.05, 0.1) is 13.2 Å². The van der Waals surface area contributed by atoms with Crippen molar-refractivity contribution in [1.82, 2.24) is 16.0 Å². The molecule has 0 aromatic heterocycles. The van der Waals surface area contributed by atoms with Crippen molar-refractivity contribution < 1.29 is 24.3 Å². The van der Waals surface area contributed by atoms with Gasteiger partial charge in [-0.15, -0.1) is 0 Å². The Morgan fingerprint density at radius 1 is 1.03 bits per heavy atom. The van der Waals surface area contributed by atoms with Crippen LogP contribution in [0, 0.1) is 5.92 Å². The number of hydrogen-bond acceptors (Lipinski definition) is 6. The Labute approximate surface area is 181 Å². The van der Waals surface area contributed by atoms with Gasteiger partial charge in [0.2, 0.25) is 17.7 Å². The molecule has 5 amide bonds. The number of carbonyl (C=O) groups is 4. The molecule has 172 valence electrons. The van der Waals surface area contributed by atoms with E-state index in [1.54, 1.807) is 38.1 Å². The third-order valence-electron chi connectivity index (χ3n) is 4.46. The van der Waals surface area contributed by atoms with Gasteiger partial charge in [-0.25, -0.2) is 4.79 Å². The molecule has 0 heterocycles. The van der Waals surface area contributed by atoms with Crippen molar-refractivity contribution >= 4 is 29.4 Å². The molecule has 9 N–H and O–H groups in total. The van der Waals surface area contributed by atoms with Crippen molar-refractivity contribution in [2.45, 2.75) is 45.4 Å². The zero-order valence-corrected chi connectivity index (χ0v) is 17.8. The molecule has 0 aliphatic carbocycles. The summed E-state index contributed by atoms with van der Waals surface area (Å²) >= 11 is 0. The molecule has 0 bridgehead atoms. The summed E-state index contributed by atoms with van der Waals surface area (Å²) in [7, 11) is 0. The standard InChI is InChI=1S/C20H32N6O5/c1-12(2)17(26-16(28)10-21)19(30)25-15(4-3-9-23-20(22)31)18(29)24-14-7-5-13(11-27)6-8-14/h5-8,12,15,17,27H,3-4,9-11,21H2,1-2H3,(H,24,29)(H,25,30)(H,26,28)(H3,22,23,31)/t15-,17-/m0/s1. The second kappa shape index (κ2) is 13.2. The van der Waals surface area contributed by atoms with E-state index >= 15 is 0 Å². The fraction of sp³-hybridized carbons (Fsp3) is 0.500. The highest BCUT2D eigenvalue weighted by atomic mass is 16.3. The van der Waals surface area contributed by atoms with Crippen molar-refractivity contribution in [2.24, 2.45) is 17.4 Å². The van der Waals surface area contributed by atoms with Crippen LogP contribution in [0.15, 0.2) is 24.3 Å². The number of benzene rings is 1. The Morgan fingerprint density at radius 3 is 2.19 bits per heavy atom. The van der Waals surface area contributed by atoms with Crippen LogP contribution in [0.3, 0.4) is 0 Å². The van der Waals surface area contributed by atoms with E-state index in [2.05, 4.69) is 21.3 Å². The predicted octanol–water partition coefficient (Wildman–Crippen LogP) is -0.850. The van der Waals surface area contributed by atoms with Crippen molar-refractivity contribution in [3.05, 3.63) is 29.8 Å². The Hall–Kier alpha value is -3.18. The van der Waals surface area contributed by atoms with Gasteiger partial charge in [-0.3, -0.25) is 14.4 Å². The topological polar surface area (TPSA) is 189 Å². The quantitative estimate of drug-likeness (QED) is 0.209.